The van der Waals surface area contributed by atoms with Gasteiger partial charge in [-0.05, 0) is 82.6 Å². The van der Waals surface area contributed by atoms with E-state index in [1.807, 2.05) is 24.3 Å². The predicted octanol–water partition coefficient (Wildman–Crippen LogP) is 12.3. The Morgan fingerprint density at radius 1 is 0.449 bits per heavy atom. The Labute approximate surface area is 285 Å². The monoisotopic (exact) mass is 630 g/mol. The fourth-order valence-electron chi connectivity index (χ4n) is 8.61. The average molecular weight is 631 g/mol. The second-order valence-corrected chi connectivity index (χ2v) is 13.6. The summed E-state index contributed by atoms with van der Waals surface area (Å²) in [6.45, 7) is 0. The fraction of sp³-hybridized carbons (Fsp3) is 0.130. The van der Waals surface area contributed by atoms with E-state index in [2.05, 4.69) is 121 Å². The largest absolute Gasteiger partial charge is 0.456 e. The molecule has 49 heavy (non-hydrogen) atoms. The van der Waals surface area contributed by atoms with Crippen LogP contribution in [0.2, 0.25) is 0 Å². The minimum absolute atomic E-state index is 0.135. The molecule has 0 radical (unpaired) electrons. The minimum Gasteiger partial charge on any atom is -0.456 e. The zero-order chi connectivity index (χ0) is 32.4. The zero-order valence-corrected chi connectivity index (χ0v) is 27.2. The molecule has 0 N–H and O–H groups in total. The third-order valence-electron chi connectivity index (χ3n) is 10.9. The van der Waals surface area contributed by atoms with Crippen LogP contribution in [0.1, 0.15) is 43.2 Å². The lowest BCUT2D eigenvalue weighted by Gasteiger charge is -2.36. The van der Waals surface area contributed by atoms with Gasteiger partial charge in [0.25, 0.3) is 0 Å². The van der Waals surface area contributed by atoms with Crippen molar-refractivity contribution in [1.82, 2.24) is 9.97 Å². The fourth-order valence-corrected chi connectivity index (χ4v) is 8.61. The molecule has 0 aliphatic heterocycles. The number of nitrogens with zero attached hydrogens (tertiary/aromatic N) is 2. The van der Waals surface area contributed by atoms with Crippen LogP contribution in [0.25, 0.3) is 78.1 Å². The van der Waals surface area contributed by atoms with Crippen LogP contribution in [0.15, 0.2) is 150 Å². The number of hydrogen-bond acceptors (Lipinski definition) is 3. The quantitative estimate of drug-likeness (QED) is 0.194. The first-order valence-corrected chi connectivity index (χ1v) is 17.5. The third-order valence-corrected chi connectivity index (χ3v) is 10.9. The first kappa shape index (κ1) is 28.2. The highest BCUT2D eigenvalue weighted by atomic mass is 16.3. The van der Waals surface area contributed by atoms with Crippen molar-refractivity contribution in [3.05, 3.63) is 157 Å². The molecule has 0 bridgehead atoms. The summed E-state index contributed by atoms with van der Waals surface area (Å²) in [7, 11) is 0. The van der Waals surface area contributed by atoms with Gasteiger partial charge in [-0.1, -0.05) is 128 Å². The van der Waals surface area contributed by atoms with E-state index in [1.54, 1.807) is 0 Å². The van der Waals surface area contributed by atoms with Gasteiger partial charge < -0.3 is 4.42 Å². The molecule has 2 aromatic heterocycles. The van der Waals surface area contributed by atoms with E-state index in [4.69, 9.17) is 14.4 Å². The van der Waals surface area contributed by atoms with Crippen LogP contribution < -0.4 is 0 Å². The van der Waals surface area contributed by atoms with Crippen molar-refractivity contribution in [2.24, 2.45) is 0 Å². The molecule has 6 aromatic carbocycles. The number of hydrogen-bond donors (Lipinski definition) is 0. The van der Waals surface area contributed by atoms with Crippen LogP contribution in [-0.4, -0.2) is 9.97 Å². The van der Waals surface area contributed by atoms with Crippen molar-refractivity contribution in [2.75, 3.05) is 0 Å². The van der Waals surface area contributed by atoms with Crippen molar-refractivity contribution in [2.45, 2.75) is 37.5 Å². The van der Waals surface area contributed by atoms with Crippen molar-refractivity contribution in [1.29, 1.82) is 0 Å². The number of aromatic nitrogens is 2. The highest BCUT2D eigenvalue weighted by Gasteiger charge is 2.44. The second-order valence-electron chi connectivity index (χ2n) is 13.6. The summed E-state index contributed by atoms with van der Waals surface area (Å²) in [6, 6.07) is 51.9. The Morgan fingerprint density at radius 3 is 1.80 bits per heavy atom. The maximum atomic E-state index is 6.43. The van der Waals surface area contributed by atoms with E-state index in [0.29, 0.717) is 5.82 Å². The molecule has 1 spiro atoms. The smallest absolute Gasteiger partial charge is 0.160 e. The Kier molecular flexibility index (Phi) is 6.42. The van der Waals surface area contributed by atoms with Crippen LogP contribution in [-0.2, 0) is 5.41 Å². The maximum Gasteiger partial charge on any atom is 0.160 e. The molecule has 0 amide bonds. The summed E-state index contributed by atoms with van der Waals surface area (Å²) in [6.07, 6.45) is 6.38. The van der Waals surface area contributed by atoms with Gasteiger partial charge in [0.1, 0.15) is 11.2 Å². The van der Waals surface area contributed by atoms with Crippen molar-refractivity contribution in [3.63, 3.8) is 0 Å². The highest BCUT2D eigenvalue weighted by molar-refractivity contribution is 6.08. The second kappa shape index (κ2) is 11.1. The molecule has 2 aliphatic rings. The van der Waals surface area contributed by atoms with Gasteiger partial charge in [-0.3, -0.25) is 0 Å². The molecule has 8 aromatic rings. The third kappa shape index (κ3) is 4.49. The molecule has 234 valence electrons. The Bertz CT molecular complexity index is 2470. The highest BCUT2D eigenvalue weighted by Crippen LogP contribution is 2.58. The molecule has 0 saturated heterocycles. The summed E-state index contributed by atoms with van der Waals surface area (Å²) in [4.78, 5) is 10.1. The lowest BCUT2D eigenvalue weighted by atomic mass is 9.68. The molecular weight excluding hydrogens is 597 g/mol. The standard InChI is InChI=1S/C46H34N2O/c1-4-13-30(14-5-1)40-29-41(48-45(47-40)31-15-6-2-7-16-31)33-22-24-43-37(28-33)36-27-32(21-23-42(36)49-43)34-18-12-20-39-44(34)35-17-8-9-19-38(35)46(39)25-10-3-11-26-46/h1-2,4-9,12-24,27-29H,3,10-11,25-26H2. The summed E-state index contributed by atoms with van der Waals surface area (Å²) < 4.78 is 6.43. The molecule has 1 fully saturated rings. The SMILES string of the molecule is c1ccc(-c2cc(-c3ccc4oc5ccc(-c6cccc7c6-c6ccccc6C76CCCCC6)cc5c4c3)nc(-c3ccccc3)n2)cc1. The Balaban J connectivity index is 1.13. The van der Waals surface area contributed by atoms with Gasteiger partial charge in [0.2, 0.25) is 0 Å². The maximum absolute atomic E-state index is 6.43. The van der Waals surface area contributed by atoms with E-state index in [0.717, 1.165) is 50.0 Å². The molecule has 3 nitrogen and oxygen atoms in total. The average Bonchev–Trinajstić information content (AvgIpc) is 3.68. The topological polar surface area (TPSA) is 38.9 Å². The normalized spacial score (nSPS) is 14.7. The number of furan rings is 1. The Morgan fingerprint density at radius 2 is 1.04 bits per heavy atom. The van der Waals surface area contributed by atoms with Crippen LogP contribution in [0.5, 0.6) is 0 Å². The van der Waals surface area contributed by atoms with Crippen LogP contribution in [0.3, 0.4) is 0 Å². The number of fused-ring (bicyclic) bond motifs is 8. The first-order chi connectivity index (χ1) is 24.2. The summed E-state index contributed by atoms with van der Waals surface area (Å²) >= 11 is 0. The van der Waals surface area contributed by atoms with Gasteiger partial charge in [-0.15, -0.1) is 0 Å². The predicted molar refractivity (Wildman–Crippen MR) is 200 cm³/mol. The first-order valence-electron chi connectivity index (χ1n) is 17.5. The van der Waals surface area contributed by atoms with Crippen molar-refractivity contribution >= 4 is 21.9 Å². The molecular formula is C46H34N2O. The van der Waals surface area contributed by atoms with Crippen molar-refractivity contribution in [3.8, 4) is 56.2 Å². The van der Waals surface area contributed by atoms with Crippen LogP contribution in [0.4, 0.5) is 0 Å². The molecule has 0 atom stereocenters. The van der Waals surface area contributed by atoms with E-state index >= 15 is 0 Å². The number of benzene rings is 6. The van der Waals surface area contributed by atoms with Gasteiger partial charge in [-0.25, -0.2) is 9.97 Å². The van der Waals surface area contributed by atoms with E-state index in [1.165, 1.54) is 65.5 Å². The van der Waals surface area contributed by atoms with E-state index < -0.39 is 0 Å². The lowest BCUT2D eigenvalue weighted by Crippen LogP contribution is -2.27. The zero-order valence-electron chi connectivity index (χ0n) is 27.2. The van der Waals surface area contributed by atoms with Gasteiger partial charge in [0.05, 0.1) is 11.4 Å². The Hall–Kier alpha value is -5.80. The molecule has 0 unspecified atom stereocenters. The van der Waals surface area contributed by atoms with Gasteiger partial charge in [0.15, 0.2) is 5.82 Å². The summed E-state index contributed by atoms with van der Waals surface area (Å²) in [5.41, 5.74) is 15.2. The van der Waals surface area contributed by atoms with Gasteiger partial charge >= 0.3 is 0 Å². The van der Waals surface area contributed by atoms with Crippen molar-refractivity contribution < 1.29 is 4.42 Å². The minimum atomic E-state index is 0.135. The lowest BCUT2D eigenvalue weighted by molar-refractivity contribution is 0.353. The molecule has 2 aliphatic carbocycles. The van der Waals surface area contributed by atoms with Gasteiger partial charge in [-0.2, -0.15) is 0 Å². The molecule has 10 rings (SSSR count). The number of rotatable bonds is 4. The van der Waals surface area contributed by atoms with Crippen LogP contribution in [0, 0.1) is 0 Å². The van der Waals surface area contributed by atoms with Crippen LogP contribution >= 0.6 is 0 Å². The molecule has 1 saturated carbocycles. The summed E-state index contributed by atoms with van der Waals surface area (Å²) in [5.74, 6) is 0.713. The van der Waals surface area contributed by atoms with E-state index in [9.17, 15) is 0 Å². The summed E-state index contributed by atoms with van der Waals surface area (Å²) in [5, 5.41) is 2.21. The molecule has 3 heteroatoms. The molecule has 2 heterocycles. The van der Waals surface area contributed by atoms with E-state index in [-0.39, 0.29) is 5.41 Å². The van der Waals surface area contributed by atoms with Gasteiger partial charge in [0, 0.05) is 32.9 Å².